The van der Waals surface area contributed by atoms with Crippen molar-refractivity contribution in [2.24, 2.45) is 0 Å². The van der Waals surface area contributed by atoms with Crippen LogP contribution in [0.1, 0.15) is 22.5 Å². The van der Waals surface area contributed by atoms with Crippen LogP contribution in [0.15, 0.2) is 16.9 Å². The number of alkyl halides is 2. The summed E-state index contributed by atoms with van der Waals surface area (Å²) in [6.45, 7) is 0. The van der Waals surface area contributed by atoms with E-state index in [0.717, 1.165) is 19.2 Å². The Balaban J connectivity index is 3.20. The van der Waals surface area contributed by atoms with E-state index in [1.807, 2.05) is 4.98 Å². The molecule has 14 heavy (non-hydrogen) atoms. The molecule has 0 aliphatic heterocycles. The SMILES string of the molecule is COC(=O)c1cc(C(F)F)[nH]c(=O)c1. The van der Waals surface area contributed by atoms with Crippen molar-refractivity contribution < 1.29 is 18.3 Å². The molecule has 0 aliphatic carbocycles. The number of pyridine rings is 1. The number of aromatic nitrogens is 1. The zero-order valence-electron chi connectivity index (χ0n) is 7.21. The van der Waals surface area contributed by atoms with E-state index in [1.54, 1.807) is 0 Å². The van der Waals surface area contributed by atoms with Gasteiger partial charge in [-0.05, 0) is 6.07 Å². The number of ether oxygens (including phenoxy) is 1. The minimum atomic E-state index is -2.83. The molecule has 1 aromatic rings. The normalized spacial score (nSPS) is 10.3. The second-order valence-electron chi connectivity index (χ2n) is 2.48. The summed E-state index contributed by atoms with van der Waals surface area (Å²) in [6, 6.07) is 1.79. The van der Waals surface area contributed by atoms with E-state index in [1.165, 1.54) is 0 Å². The van der Waals surface area contributed by atoms with E-state index >= 15 is 0 Å². The second-order valence-corrected chi connectivity index (χ2v) is 2.48. The van der Waals surface area contributed by atoms with Crippen molar-refractivity contribution in [2.75, 3.05) is 7.11 Å². The first kappa shape index (κ1) is 10.4. The Labute approximate surface area is 77.5 Å². The number of carbonyl (C=O) groups excluding carboxylic acids is 1. The first-order valence-electron chi connectivity index (χ1n) is 3.65. The fourth-order valence-electron chi connectivity index (χ4n) is 0.918. The molecular weight excluding hydrogens is 196 g/mol. The van der Waals surface area contributed by atoms with Crippen LogP contribution in [0, 0.1) is 0 Å². The predicted octanol–water partition coefficient (Wildman–Crippen LogP) is 1.10. The monoisotopic (exact) mass is 203 g/mol. The van der Waals surface area contributed by atoms with Crippen LogP contribution in [-0.2, 0) is 4.74 Å². The lowest BCUT2D eigenvalue weighted by molar-refractivity contribution is 0.0599. The number of halogens is 2. The van der Waals surface area contributed by atoms with E-state index < -0.39 is 23.6 Å². The van der Waals surface area contributed by atoms with E-state index in [2.05, 4.69) is 4.74 Å². The molecule has 0 radical (unpaired) electrons. The summed E-state index contributed by atoms with van der Waals surface area (Å²) in [7, 11) is 1.10. The summed E-state index contributed by atoms with van der Waals surface area (Å²) in [4.78, 5) is 23.7. The van der Waals surface area contributed by atoms with Crippen LogP contribution in [0.25, 0.3) is 0 Å². The van der Waals surface area contributed by atoms with Crippen LogP contribution in [0.2, 0.25) is 0 Å². The van der Waals surface area contributed by atoms with Crippen LogP contribution in [0.3, 0.4) is 0 Å². The zero-order chi connectivity index (χ0) is 10.7. The fraction of sp³-hybridized carbons (Fsp3) is 0.250. The van der Waals surface area contributed by atoms with Crippen molar-refractivity contribution in [3.05, 3.63) is 33.7 Å². The van der Waals surface area contributed by atoms with Gasteiger partial charge in [-0.3, -0.25) is 4.79 Å². The summed E-state index contributed by atoms with van der Waals surface area (Å²) in [5.74, 6) is -0.821. The number of hydrogen-bond donors (Lipinski definition) is 1. The van der Waals surface area contributed by atoms with Gasteiger partial charge < -0.3 is 9.72 Å². The molecule has 0 unspecified atom stereocenters. The van der Waals surface area contributed by atoms with Crippen LogP contribution < -0.4 is 5.56 Å². The maximum Gasteiger partial charge on any atom is 0.338 e. The van der Waals surface area contributed by atoms with Gasteiger partial charge in [0.15, 0.2) is 0 Å². The summed E-state index contributed by atoms with van der Waals surface area (Å²) in [6.07, 6.45) is -2.83. The topological polar surface area (TPSA) is 59.2 Å². The quantitative estimate of drug-likeness (QED) is 0.732. The molecule has 0 atom stereocenters. The number of nitrogens with one attached hydrogen (secondary N) is 1. The van der Waals surface area contributed by atoms with Gasteiger partial charge in [0.1, 0.15) is 0 Å². The average Bonchev–Trinajstić information content (AvgIpc) is 2.15. The minimum Gasteiger partial charge on any atom is -0.465 e. The van der Waals surface area contributed by atoms with Crippen LogP contribution in [-0.4, -0.2) is 18.1 Å². The number of carbonyl (C=O) groups is 1. The lowest BCUT2D eigenvalue weighted by Gasteiger charge is -2.02. The van der Waals surface area contributed by atoms with Crippen molar-refractivity contribution >= 4 is 5.97 Å². The molecule has 1 N–H and O–H groups in total. The second kappa shape index (κ2) is 3.99. The third-order valence-corrected chi connectivity index (χ3v) is 1.52. The standard InChI is InChI=1S/C8H7F2NO3/c1-14-8(13)4-2-5(7(9)10)11-6(12)3-4/h2-3,7H,1H3,(H,11,12). The molecule has 0 saturated carbocycles. The predicted molar refractivity (Wildman–Crippen MR) is 43.4 cm³/mol. The van der Waals surface area contributed by atoms with E-state index in [9.17, 15) is 18.4 Å². The van der Waals surface area contributed by atoms with Crippen molar-refractivity contribution in [1.82, 2.24) is 4.98 Å². The zero-order valence-corrected chi connectivity index (χ0v) is 7.21. The van der Waals surface area contributed by atoms with Gasteiger partial charge in [0.2, 0.25) is 5.56 Å². The molecule has 4 nitrogen and oxygen atoms in total. The lowest BCUT2D eigenvalue weighted by atomic mass is 10.2. The first-order chi connectivity index (χ1) is 6.54. The molecule has 6 heteroatoms. The average molecular weight is 203 g/mol. The number of methoxy groups -OCH3 is 1. The summed E-state index contributed by atoms with van der Waals surface area (Å²) < 4.78 is 28.6. The highest BCUT2D eigenvalue weighted by atomic mass is 19.3. The summed E-state index contributed by atoms with van der Waals surface area (Å²) in [5, 5.41) is 0. The largest absolute Gasteiger partial charge is 0.465 e. The van der Waals surface area contributed by atoms with Gasteiger partial charge in [0.05, 0.1) is 18.4 Å². The smallest absolute Gasteiger partial charge is 0.338 e. The number of hydrogen-bond acceptors (Lipinski definition) is 3. The molecular formula is C8H7F2NO3. The van der Waals surface area contributed by atoms with Gasteiger partial charge in [0.25, 0.3) is 6.43 Å². The van der Waals surface area contributed by atoms with E-state index in [-0.39, 0.29) is 5.56 Å². The van der Waals surface area contributed by atoms with E-state index in [4.69, 9.17) is 0 Å². The highest BCUT2D eigenvalue weighted by Crippen LogP contribution is 2.15. The molecule has 0 bridgehead atoms. The van der Waals surface area contributed by atoms with Crippen LogP contribution >= 0.6 is 0 Å². The molecule has 0 aromatic carbocycles. The van der Waals surface area contributed by atoms with Gasteiger partial charge >= 0.3 is 5.97 Å². The Bertz CT molecular complexity index is 400. The highest BCUT2D eigenvalue weighted by molar-refractivity contribution is 5.89. The van der Waals surface area contributed by atoms with Gasteiger partial charge in [0, 0.05) is 6.07 Å². The Morgan fingerprint density at radius 3 is 2.64 bits per heavy atom. The maximum atomic E-state index is 12.2. The lowest BCUT2D eigenvalue weighted by Crippen LogP contribution is -2.13. The number of H-pyrrole nitrogens is 1. The maximum absolute atomic E-state index is 12.2. The van der Waals surface area contributed by atoms with Crippen molar-refractivity contribution in [3.8, 4) is 0 Å². The molecule has 1 aromatic heterocycles. The molecule has 1 heterocycles. The fourth-order valence-corrected chi connectivity index (χ4v) is 0.918. The van der Waals surface area contributed by atoms with Crippen molar-refractivity contribution in [1.29, 1.82) is 0 Å². The molecule has 0 saturated heterocycles. The molecule has 0 fully saturated rings. The van der Waals surface area contributed by atoms with Gasteiger partial charge in [-0.1, -0.05) is 0 Å². The summed E-state index contributed by atoms with van der Waals surface area (Å²) in [5.41, 5.74) is -1.55. The van der Waals surface area contributed by atoms with Gasteiger partial charge in [-0.2, -0.15) is 0 Å². The van der Waals surface area contributed by atoms with Crippen LogP contribution in [0.5, 0.6) is 0 Å². The van der Waals surface area contributed by atoms with Gasteiger partial charge in [-0.15, -0.1) is 0 Å². The molecule has 0 amide bonds. The number of aromatic amines is 1. The molecule has 1 rings (SSSR count). The van der Waals surface area contributed by atoms with Crippen LogP contribution in [0.4, 0.5) is 8.78 Å². The number of esters is 1. The minimum absolute atomic E-state index is 0.188. The molecule has 0 aliphatic rings. The Morgan fingerprint density at radius 1 is 1.50 bits per heavy atom. The molecule has 76 valence electrons. The molecule has 0 spiro atoms. The third kappa shape index (κ3) is 2.15. The van der Waals surface area contributed by atoms with E-state index in [0.29, 0.717) is 0 Å². The summed E-state index contributed by atoms with van der Waals surface area (Å²) >= 11 is 0. The highest BCUT2D eigenvalue weighted by Gasteiger charge is 2.13. The third-order valence-electron chi connectivity index (χ3n) is 1.52. The number of rotatable bonds is 2. The van der Waals surface area contributed by atoms with Gasteiger partial charge in [-0.25, -0.2) is 13.6 Å². The first-order valence-corrected chi connectivity index (χ1v) is 3.65. The van der Waals surface area contributed by atoms with Crippen molar-refractivity contribution in [2.45, 2.75) is 6.43 Å². The Hall–Kier alpha value is -1.72. The Kier molecular flexibility index (Phi) is 2.95. The van der Waals surface area contributed by atoms with Crippen molar-refractivity contribution in [3.63, 3.8) is 0 Å². The Morgan fingerprint density at radius 2 is 2.14 bits per heavy atom.